The molecule has 19 heavy (non-hydrogen) atoms. The Morgan fingerprint density at radius 1 is 1.37 bits per heavy atom. The number of carbonyl (C=O) groups is 1. The van der Waals surface area contributed by atoms with E-state index >= 15 is 0 Å². The maximum absolute atomic E-state index is 11.8. The largest absolute Gasteiger partial charge is 0.426 e. The summed E-state index contributed by atoms with van der Waals surface area (Å²) in [6.07, 6.45) is 2.96. The van der Waals surface area contributed by atoms with Gasteiger partial charge in [0.15, 0.2) is 0 Å². The van der Waals surface area contributed by atoms with Gasteiger partial charge in [-0.3, -0.25) is 4.79 Å². The normalized spacial score (nSPS) is 12.1. The topological polar surface area (TPSA) is 35.5 Å². The van der Waals surface area contributed by atoms with Crippen molar-refractivity contribution in [1.82, 2.24) is 0 Å². The van der Waals surface area contributed by atoms with Crippen molar-refractivity contribution in [1.29, 1.82) is 0 Å². The van der Waals surface area contributed by atoms with Gasteiger partial charge in [0.2, 0.25) is 0 Å². The van der Waals surface area contributed by atoms with Crippen molar-refractivity contribution in [3.05, 3.63) is 30.3 Å². The number of ether oxygens (including phenoxy) is 2. The summed E-state index contributed by atoms with van der Waals surface area (Å²) < 4.78 is 11.9. The van der Waals surface area contributed by atoms with Crippen molar-refractivity contribution in [2.75, 3.05) is 17.6 Å². The molecule has 0 amide bonds. The van der Waals surface area contributed by atoms with Crippen LogP contribution in [0.5, 0.6) is 5.75 Å². The molecule has 1 unspecified atom stereocenters. The lowest BCUT2D eigenvalue weighted by atomic mass is 10.1. The minimum Gasteiger partial charge on any atom is -0.426 e. The summed E-state index contributed by atoms with van der Waals surface area (Å²) >= 11 is 2.36. The Morgan fingerprint density at radius 3 is 2.89 bits per heavy atom. The quantitative estimate of drug-likeness (QED) is 0.217. The smallest absolute Gasteiger partial charge is 0.314 e. The van der Waals surface area contributed by atoms with Gasteiger partial charge in [0.1, 0.15) is 5.75 Å². The van der Waals surface area contributed by atoms with E-state index in [9.17, 15) is 4.79 Å². The van der Waals surface area contributed by atoms with Crippen molar-refractivity contribution in [2.45, 2.75) is 26.2 Å². The highest BCUT2D eigenvalue weighted by Crippen LogP contribution is 2.12. The van der Waals surface area contributed by atoms with Gasteiger partial charge in [0, 0.05) is 19.3 Å². The number of halogens is 1. The van der Waals surface area contributed by atoms with Crippen LogP contribution in [0.25, 0.3) is 0 Å². The van der Waals surface area contributed by atoms with Gasteiger partial charge < -0.3 is 9.47 Å². The summed E-state index contributed by atoms with van der Waals surface area (Å²) in [5.41, 5.74) is 0. The Balaban J connectivity index is 2.15. The first-order valence-corrected chi connectivity index (χ1v) is 8.08. The number of carbonyl (C=O) groups excluding carboxylic acids is 1. The molecule has 1 radical (unpaired) electrons. The van der Waals surface area contributed by atoms with Crippen molar-refractivity contribution >= 4 is 28.6 Å². The lowest BCUT2D eigenvalue weighted by Gasteiger charge is -2.11. The van der Waals surface area contributed by atoms with Crippen molar-refractivity contribution in [3.63, 3.8) is 0 Å². The predicted octanol–water partition coefficient (Wildman–Crippen LogP) is 3.65. The number of hydrogen-bond acceptors (Lipinski definition) is 3. The SMILES string of the molecule is CC(CCOCCCCI)C(=O)Oc1[c]cccc1. The number of alkyl halides is 1. The van der Waals surface area contributed by atoms with E-state index in [1.54, 1.807) is 12.1 Å². The molecule has 0 spiro atoms. The third-order valence-corrected chi connectivity index (χ3v) is 3.42. The third-order valence-electron chi connectivity index (χ3n) is 2.66. The number of hydrogen-bond donors (Lipinski definition) is 0. The molecule has 0 bridgehead atoms. The molecule has 0 N–H and O–H groups in total. The van der Waals surface area contributed by atoms with Crippen molar-refractivity contribution in [3.8, 4) is 5.75 Å². The maximum atomic E-state index is 11.8. The molecule has 1 atom stereocenters. The number of rotatable bonds is 9. The minimum atomic E-state index is -0.224. The molecule has 0 aliphatic carbocycles. The zero-order valence-corrected chi connectivity index (χ0v) is 13.4. The molecular weight excluding hydrogens is 355 g/mol. The summed E-state index contributed by atoms with van der Waals surface area (Å²) in [5.74, 6) is 0.0961. The first kappa shape index (κ1) is 16.4. The second-order valence-corrected chi connectivity index (χ2v) is 5.42. The predicted molar refractivity (Wildman–Crippen MR) is 83.6 cm³/mol. The molecular formula is C15H20IO3. The Labute approximate surface area is 128 Å². The van der Waals surface area contributed by atoms with Crippen LogP contribution in [0.2, 0.25) is 0 Å². The van der Waals surface area contributed by atoms with E-state index in [4.69, 9.17) is 9.47 Å². The number of esters is 1. The molecule has 0 fully saturated rings. The van der Waals surface area contributed by atoms with E-state index in [2.05, 4.69) is 28.7 Å². The van der Waals surface area contributed by atoms with E-state index in [0.29, 0.717) is 18.8 Å². The average molecular weight is 375 g/mol. The second-order valence-electron chi connectivity index (χ2n) is 4.35. The highest BCUT2D eigenvalue weighted by molar-refractivity contribution is 14.1. The van der Waals surface area contributed by atoms with Crippen molar-refractivity contribution < 1.29 is 14.3 Å². The zero-order chi connectivity index (χ0) is 13.9. The van der Waals surface area contributed by atoms with Crippen LogP contribution in [0, 0.1) is 12.0 Å². The third kappa shape index (κ3) is 7.52. The van der Waals surface area contributed by atoms with E-state index in [-0.39, 0.29) is 11.9 Å². The van der Waals surface area contributed by atoms with Crippen molar-refractivity contribution in [2.24, 2.45) is 5.92 Å². The van der Waals surface area contributed by atoms with Gasteiger partial charge in [0.25, 0.3) is 0 Å². The summed E-state index contributed by atoms with van der Waals surface area (Å²) in [7, 11) is 0. The van der Waals surface area contributed by atoms with E-state index in [0.717, 1.165) is 17.5 Å². The molecule has 3 nitrogen and oxygen atoms in total. The molecule has 4 heteroatoms. The summed E-state index contributed by atoms with van der Waals surface area (Å²) in [5, 5.41) is 0. The molecule has 0 aliphatic rings. The molecule has 1 aromatic carbocycles. The molecule has 0 saturated carbocycles. The van der Waals surface area contributed by atoms with Gasteiger partial charge in [-0.2, -0.15) is 0 Å². The monoisotopic (exact) mass is 375 g/mol. The molecule has 1 rings (SSSR count). The fourth-order valence-corrected chi connectivity index (χ4v) is 1.97. The van der Waals surface area contributed by atoms with Crippen LogP contribution < -0.4 is 4.74 Å². The number of para-hydroxylation sites is 1. The van der Waals surface area contributed by atoms with Gasteiger partial charge in [-0.25, -0.2) is 0 Å². The van der Waals surface area contributed by atoms with Crippen LogP contribution in [-0.2, 0) is 9.53 Å². The van der Waals surface area contributed by atoms with Crippen LogP contribution in [0.3, 0.4) is 0 Å². The average Bonchev–Trinajstić information content (AvgIpc) is 2.43. The number of benzene rings is 1. The van der Waals surface area contributed by atoms with Crippen LogP contribution in [0.15, 0.2) is 24.3 Å². The Bertz CT molecular complexity index is 354. The Hall–Kier alpha value is -0.620. The van der Waals surface area contributed by atoms with Crippen LogP contribution in [-0.4, -0.2) is 23.6 Å². The van der Waals surface area contributed by atoms with Gasteiger partial charge in [-0.05, 0) is 29.8 Å². The molecule has 1 aromatic rings. The van der Waals surface area contributed by atoms with Gasteiger partial charge >= 0.3 is 5.97 Å². The van der Waals surface area contributed by atoms with E-state index in [1.165, 1.54) is 6.42 Å². The van der Waals surface area contributed by atoms with Gasteiger partial charge in [-0.1, -0.05) is 47.7 Å². The van der Waals surface area contributed by atoms with Gasteiger partial charge in [-0.15, -0.1) is 0 Å². The first-order valence-electron chi connectivity index (χ1n) is 6.56. The fourth-order valence-electron chi connectivity index (χ4n) is 1.43. The zero-order valence-electron chi connectivity index (χ0n) is 11.2. The first-order chi connectivity index (χ1) is 9.24. The Morgan fingerprint density at radius 2 is 2.21 bits per heavy atom. The summed E-state index contributed by atoms with van der Waals surface area (Å²) in [6, 6.07) is 9.98. The van der Waals surface area contributed by atoms with Crippen LogP contribution in [0.4, 0.5) is 0 Å². The Kier molecular flexibility index (Phi) is 8.82. The minimum absolute atomic E-state index is 0.154. The lowest BCUT2D eigenvalue weighted by molar-refractivity contribution is -0.139. The van der Waals surface area contributed by atoms with Crippen LogP contribution in [0.1, 0.15) is 26.2 Å². The van der Waals surface area contributed by atoms with E-state index < -0.39 is 0 Å². The summed E-state index contributed by atoms with van der Waals surface area (Å²) in [6.45, 7) is 3.24. The molecule has 0 aliphatic heterocycles. The number of unbranched alkanes of at least 4 members (excludes halogenated alkanes) is 1. The van der Waals surface area contributed by atoms with Gasteiger partial charge in [0.05, 0.1) is 5.92 Å². The molecule has 0 aromatic heterocycles. The maximum Gasteiger partial charge on any atom is 0.314 e. The van der Waals surface area contributed by atoms with E-state index in [1.807, 2.05) is 19.1 Å². The molecule has 105 valence electrons. The molecule has 0 heterocycles. The fraction of sp³-hybridized carbons (Fsp3) is 0.533. The standard InChI is InChI=1S/C15H20IO3/c1-13(9-12-18-11-6-5-10-16)15(17)19-14-7-3-2-4-8-14/h2-4,7,13H,5-6,9-12H2,1H3. The molecule has 0 saturated heterocycles. The summed E-state index contributed by atoms with van der Waals surface area (Å²) in [4.78, 5) is 11.8. The lowest BCUT2D eigenvalue weighted by Crippen LogP contribution is -2.19. The highest BCUT2D eigenvalue weighted by atomic mass is 127. The van der Waals surface area contributed by atoms with Crippen LogP contribution >= 0.6 is 22.6 Å². The highest BCUT2D eigenvalue weighted by Gasteiger charge is 2.15. The second kappa shape index (κ2) is 10.2.